The molecule has 3 heteroatoms. The molecule has 1 fully saturated rings. The number of hydrogen-bond acceptors (Lipinski definition) is 2. The highest BCUT2D eigenvalue weighted by Gasteiger charge is 2.20. The van der Waals surface area contributed by atoms with E-state index in [0.29, 0.717) is 5.92 Å². The fourth-order valence-corrected chi connectivity index (χ4v) is 2.11. The van der Waals surface area contributed by atoms with E-state index < -0.39 is 0 Å². The van der Waals surface area contributed by atoms with Gasteiger partial charge in [0.1, 0.15) is 0 Å². The van der Waals surface area contributed by atoms with Crippen LogP contribution in [0.15, 0.2) is 6.20 Å². The summed E-state index contributed by atoms with van der Waals surface area (Å²) < 4.78 is 1.92. The van der Waals surface area contributed by atoms with Crippen LogP contribution in [0, 0.1) is 5.92 Å². The minimum absolute atomic E-state index is 0.515. The second kappa shape index (κ2) is 5.00. The number of hydrogen-bond donors (Lipinski definition) is 1. The van der Waals surface area contributed by atoms with Crippen molar-refractivity contribution in [3.05, 3.63) is 17.5 Å². The van der Waals surface area contributed by atoms with Crippen LogP contribution >= 0.6 is 0 Å². The van der Waals surface area contributed by atoms with E-state index in [1.807, 2.05) is 11.7 Å². The lowest BCUT2D eigenvalue weighted by Gasteiger charge is -2.06. The van der Waals surface area contributed by atoms with E-state index in [0.717, 1.165) is 19.0 Å². The van der Waals surface area contributed by atoms with Crippen molar-refractivity contribution in [1.29, 1.82) is 0 Å². The maximum absolute atomic E-state index is 4.51. The molecule has 90 valence electrons. The SMILES string of the molecule is CC(C)c1nn(C)cc1CNCCC1CC1. The monoisotopic (exact) mass is 221 g/mol. The van der Waals surface area contributed by atoms with Gasteiger partial charge in [-0.3, -0.25) is 4.68 Å². The molecule has 0 bridgehead atoms. The van der Waals surface area contributed by atoms with Crippen LogP contribution in [0.1, 0.15) is 50.3 Å². The quantitative estimate of drug-likeness (QED) is 0.748. The van der Waals surface area contributed by atoms with Crippen molar-refractivity contribution in [2.45, 2.75) is 45.6 Å². The zero-order valence-corrected chi connectivity index (χ0v) is 10.7. The smallest absolute Gasteiger partial charge is 0.0694 e. The van der Waals surface area contributed by atoms with E-state index in [1.165, 1.54) is 30.5 Å². The van der Waals surface area contributed by atoms with Gasteiger partial charge in [-0.2, -0.15) is 5.10 Å². The zero-order valence-electron chi connectivity index (χ0n) is 10.7. The molecule has 1 heterocycles. The molecular weight excluding hydrogens is 198 g/mol. The lowest BCUT2D eigenvalue weighted by molar-refractivity contribution is 0.608. The third kappa shape index (κ3) is 3.08. The first-order valence-electron chi connectivity index (χ1n) is 6.40. The van der Waals surface area contributed by atoms with Gasteiger partial charge in [0.2, 0.25) is 0 Å². The Morgan fingerprint density at radius 3 is 2.88 bits per heavy atom. The summed E-state index contributed by atoms with van der Waals surface area (Å²) in [5.74, 6) is 1.53. The Kier molecular flexibility index (Phi) is 3.64. The Morgan fingerprint density at radius 2 is 2.25 bits per heavy atom. The van der Waals surface area contributed by atoms with Gasteiger partial charge in [-0.25, -0.2) is 0 Å². The predicted octanol–water partition coefficient (Wildman–Crippen LogP) is 2.43. The molecule has 0 atom stereocenters. The third-order valence-corrected chi connectivity index (χ3v) is 3.23. The summed E-state index contributed by atoms with van der Waals surface area (Å²) in [5.41, 5.74) is 2.59. The van der Waals surface area contributed by atoms with Gasteiger partial charge >= 0.3 is 0 Å². The predicted molar refractivity (Wildman–Crippen MR) is 66.3 cm³/mol. The molecule has 0 radical (unpaired) electrons. The highest BCUT2D eigenvalue weighted by atomic mass is 15.3. The maximum atomic E-state index is 4.51. The molecule has 16 heavy (non-hydrogen) atoms. The molecule has 1 saturated carbocycles. The lowest BCUT2D eigenvalue weighted by Crippen LogP contribution is -2.16. The number of aryl methyl sites for hydroxylation is 1. The molecule has 1 aliphatic rings. The minimum atomic E-state index is 0.515. The first-order valence-corrected chi connectivity index (χ1v) is 6.40. The molecule has 1 aromatic heterocycles. The van der Waals surface area contributed by atoms with Crippen molar-refractivity contribution in [2.75, 3.05) is 6.54 Å². The number of nitrogens with zero attached hydrogens (tertiary/aromatic N) is 2. The summed E-state index contributed by atoms with van der Waals surface area (Å²) in [6.07, 6.45) is 6.38. The standard InChI is InChI=1S/C13H23N3/c1-10(2)13-12(9-16(3)15-13)8-14-7-6-11-4-5-11/h9-11,14H,4-8H2,1-3H3. The van der Waals surface area contributed by atoms with Crippen LogP contribution in [-0.2, 0) is 13.6 Å². The lowest BCUT2D eigenvalue weighted by atomic mass is 10.1. The van der Waals surface area contributed by atoms with Crippen LogP contribution in [0.25, 0.3) is 0 Å². The fraction of sp³-hybridized carbons (Fsp3) is 0.769. The molecule has 0 amide bonds. The van der Waals surface area contributed by atoms with E-state index in [1.54, 1.807) is 0 Å². The summed E-state index contributed by atoms with van der Waals surface area (Å²) in [4.78, 5) is 0. The first-order chi connectivity index (χ1) is 7.66. The van der Waals surface area contributed by atoms with Gasteiger partial charge in [-0.15, -0.1) is 0 Å². The summed E-state index contributed by atoms with van der Waals surface area (Å²) in [6, 6.07) is 0. The van der Waals surface area contributed by atoms with Gasteiger partial charge in [-0.1, -0.05) is 26.7 Å². The van der Waals surface area contributed by atoms with Gasteiger partial charge in [0.05, 0.1) is 5.69 Å². The second-order valence-electron chi connectivity index (χ2n) is 5.28. The van der Waals surface area contributed by atoms with Gasteiger partial charge in [0.25, 0.3) is 0 Å². The van der Waals surface area contributed by atoms with E-state index in [-0.39, 0.29) is 0 Å². The van der Waals surface area contributed by atoms with E-state index >= 15 is 0 Å². The molecule has 0 aliphatic heterocycles. The molecule has 0 aromatic carbocycles. The van der Waals surface area contributed by atoms with Crippen molar-refractivity contribution in [3.8, 4) is 0 Å². The van der Waals surface area contributed by atoms with E-state index in [4.69, 9.17) is 0 Å². The molecule has 2 rings (SSSR count). The van der Waals surface area contributed by atoms with Gasteiger partial charge in [0, 0.05) is 25.4 Å². The molecule has 0 spiro atoms. The van der Waals surface area contributed by atoms with Crippen LogP contribution in [0.2, 0.25) is 0 Å². The number of rotatable bonds is 6. The summed E-state index contributed by atoms with van der Waals surface area (Å²) >= 11 is 0. The number of nitrogens with one attached hydrogen (secondary N) is 1. The van der Waals surface area contributed by atoms with Crippen molar-refractivity contribution in [3.63, 3.8) is 0 Å². The van der Waals surface area contributed by atoms with E-state index in [2.05, 4.69) is 30.5 Å². The second-order valence-corrected chi connectivity index (χ2v) is 5.28. The third-order valence-electron chi connectivity index (χ3n) is 3.23. The van der Waals surface area contributed by atoms with Crippen molar-refractivity contribution < 1.29 is 0 Å². The van der Waals surface area contributed by atoms with Gasteiger partial charge in [0.15, 0.2) is 0 Å². The molecule has 0 saturated heterocycles. The van der Waals surface area contributed by atoms with Crippen LogP contribution in [0.3, 0.4) is 0 Å². The fourth-order valence-electron chi connectivity index (χ4n) is 2.11. The average Bonchev–Trinajstić information content (AvgIpc) is 2.96. The largest absolute Gasteiger partial charge is 0.313 e. The van der Waals surface area contributed by atoms with Gasteiger partial charge in [-0.05, 0) is 24.8 Å². The zero-order chi connectivity index (χ0) is 11.5. The minimum Gasteiger partial charge on any atom is -0.313 e. The van der Waals surface area contributed by atoms with Crippen LogP contribution in [-0.4, -0.2) is 16.3 Å². The highest BCUT2D eigenvalue weighted by Crippen LogP contribution is 2.31. The normalized spacial score (nSPS) is 16.0. The molecule has 3 nitrogen and oxygen atoms in total. The molecule has 1 aliphatic carbocycles. The van der Waals surface area contributed by atoms with Crippen molar-refractivity contribution in [1.82, 2.24) is 15.1 Å². The van der Waals surface area contributed by atoms with Gasteiger partial charge < -0.3 is 5.32 Å². The Hall–Kier alpha value is -0.830. The van der Waals surface area contributed by atoms with Crippen LogP contribution in [0.5, 0.6) is 0 Å². The average molecular weight is 221 g/mol. The van der Waals surface area contributed by atoms with Crippen LogP contribution in [0.4, 0.5) is 0 Å². The number of aromatic nitrogens is 2. The van der Waals surface area contributed by atoms with Crippen molar-refractivity contribution in [2.24, 2.45) is 13.0 Å². The highest BCUT2D eigenvalue weighted by molar-refractivity contribution is 5.19. The molecule has 0 unspecified atom stereocenters. The Bertz CT molecular complexity index is 337. The van der Waals surface area contributed by atoms with E-state index in [9.17, 15) is 0 Å². The summed E-state index contributed by atoms with van der Waals surface area (Å²) in [5, 5.41) is 8.04. The Balaban J connectivity index is 1.81. The molecule has 1 N–H and O–H groups in total. The topological polar surface area (TPSA) is 29.9 Å². The molecule has 1 aromatic rings. The van der Waals surface area contributed by atoms with Crippen molar-refractivity contribution >= 4 is 0 Å². The van der Waals surface area contributed by atoms with Crippen LogP contribution < -0.4 is 5.32 Å². The Labute approximate surface area is 98.2 Å². The summed E-state index contributed by atoms with van der Waals surface area (Å²) in [7, 11) is 2.00. The Morgan fingerprint density at radius 1 is 1.50 bits per heavy atom. The molecular formula is C13H23N3. The summed E-state index contributed by atoms with van der Waals surface area (Å²) in [6.45, 7) is 6.53. The maximum Gasteiger partial charge on any atom is 0.0694 e. The first kappa shape index (κ1) is 11.6.